The van der Waals surface area contributed by atoms with Gasteiger partial charge in [0.2, 0.25) is 5.91 Å². The Morgan fingerprint density at radius 1 is 1.45 bits per heavy atom. The molecule has 0 radical (unpaired) electrons. The maximum Gasteiger partial charge on any atom is 0.239 e. The van der Waals surface area contributed by atoms with E-state index < -0.39 is 5.54 Å². The van der Waals surface area contributed by atoms with Crippen molar-refractivity contribution in [2.24, 2.45) is 0 Å². The highest BCUT2D eigenvalue weighted by Crippen LogP contribution is 2.08. The predicted molar refractivity (Wildman–Crippen MR) is 46.4 cm³/mol. The second-order valence-electron chi connectivity index (χ2n) is 3.31. The highest BCUT2D eigenvalue weighted by atomic mass is 16.2. The molecule has 0 aliphatic carbocycles. The lowest BCUT2D eigenvalue weighted by molar-refractivity contribution is -0.130. The molecule has 0 atom stereocenters. The van der Waals surface area contributed by atoms with Crippen molar-refractivity contribution in [3.8, 4) is 0 Å². The van der Waals surface area contributed by atoms with Crippen molar-refractivity contribution in [2.45, 2.75) is 26.3 Å². The number of likely N-dealkylation sites (N-methyl/N-ethyl adjacent to an activating group) is 2. The van der Waals surface area contributed by atoms with E-state index in [1.54, 1.807) is 0 Å². The van der Waals surface area contributed by atoms with Gasteiger partial charge in [0, 0.05) is 6.54 Å². The molecule has 1 N–H and O–H groups in total. The third kappa shape index (κ3) is 2.50. The van der Waals surface area contributed by atoms with E-state index in [2.05, 4.69) is 5.32 Å². The van der Waals surface area contributed by atoms with Crippen LogP contribution in [0.25, 0.3) is 0 Å². The first kappa shape index (κ1) is 10.4. The SMILES string of the molecule is CCNC(=O)C(C)(C)N(C)C. The van der Waals surface area contributed by atoms with Gasteiger partial charge in [-0.1, -0.05) is 0 Å². The number of carbonyl (C=O) groups is 1. The van der Waals surface area contributed by atoms with Crippen LogP contribution in [-0.4, -0.2) is 37.0 Å². The lowest BCUT2D eigenvalue weighted by atomic mass is 10.0. The van der Waals surface area contributed by atoms with Gasteiger partial charge in [0.25, 0.3) is 0 Å². The van der Waals surface area contributed by atoms with Crippen molar-refractivity contribution in [3.05, 3.63) is 0 Å². The lowest BCUT2D eigenvalue weighted by Crippen LogP contribution is -2.51. The summed E-state index contributed by atoms with van der Waals surface area (Å²) in [6.45, 7) is 6.41. The van der Waals surface area contributed by atoms with Gasteiger partial charge >= 0.3 is 0 Å². The molecule has 0 unspecified atom stereocenters. The lowest BCUT2D eigenvalue weighted by Gasteiger charge is -2.30. The van der Waals surface area contributed by atoms with Crippen molar-refractivity contribution in [1.29, 1.82) is 0 Å². The van der Waals surface area contributed by atoms with Gasteiger partial charge in [-0.3, -0.25) is 9.69 Å². The van der Waals surface area contributed by atoms with E-state index in [0.29, 0.717) is 6.54 Å². The molecule has 0 bridgehead atoms. The minimum absolute atomic E-state index is 0.0741. The molecule has 3 nitrogen and oxygen atoms in total. The molecular weight excluding hydrogens is 140 g/mol. The highest BCUT2D eigenvalue weighted by molar-refractivity contribution is 5.85. The molecule has 0 aromatic heterocycles. The van der Waals surface area contributed by atoms with Gasteiger partial charge in [0.1, 0.15) is 0 Å². The maximum absolute atomic E-state index is 11.4. The normalized spacial score (nSPS) is 11.8. The zero-order chi connectivity index (χ0) is 9.07. The molecule has 0 spiro atoms. The summed E-state index contributed by atoms with van der Waals surface area (Å²) in [4.78, 5) is 13.3. The molecule has 66 valence electrons. The first-order valence-corrected chi connectivity index (χ1v) is 3.88. The molecule has 0 saturated carbocycles. The highest BCUT2D eigenvalue weighted by Gasteiger charge is 2.28. The van der Waals surface area contributed by atoms with Gasteiger partial charge in [-0.15, -0.1) is 0 Å². The van der Waals surface area contributed by atoms with E-state index in [9.17, 15) is 4.79 Å². The van der Waals surface area contributed by atoms with Crippen LogP contribution in [-0.2, 0) is 4.79 Å². The van der Waals surface area contributed by atoms with E-state index in [4.69, 9.17) is 0 Å². The van der Waals surface area contributed by atoms with Crippen LogP contribution < -0.4 is 5.32 Å². The zero-order valence-electron chi connectivity index (χ0n) is 8.06. The molecule has 0 aromatic rings. The van der Waals surface area contributed by atoms with E-state index in [1.807, 2.05) is 39.8 Å². The second kappa shape index (κ2) is 3.72. The fourth-order valence-electron chi connectivity index (χ4n) is 0.580. The third-order valence-electron chi connectivity index (χ3n) is 2.01. The molecule has 11 heavy (non-hydrogen) atoms. The molecular formula is C8H18N2O. The first-order chi connectivity index (χ1) is 4.92. The smallest absolute Gasteiger partial charge is 0.239 e. The number of hydrogen-bond donors (Lipinski definition) is 1. The molecule has 0 aliphatic heterocycles. The summed E-state index contributed by atoms with van der Waals surface area (Å²) in [6, 6.07) is 0. The Bertz CT molecular complexity index is 141. The quantitative estimate of drug-likeness (QED) is 0.647. The molecule has 0 aliphatic rings. The molecule has 0 aromatic carbocycles. The van der Waals surface area contributed by atoms with Crippen LogP contribution in [0.3, 0.4) is 0 Å². The van der Waals surface area contributed by atoms with Crippen LogP contribution >= 0.6 is 0 Å². The molecule has 1 amide bonds. The minimum atomic E-state index is -0.407. The van der Waals surface area contributed by atoms with Crippen LogP contribution in [0.2, 0.25) is 0 Å². The van der Waals surface area contributed by atoms with E-state index in [1.165, 1.54) is 0 Å². The van der Waals surface area contributed by atoms with Crippen LogP contribution in [0, 0.1) is 0 Å². The number of carbonyl (C=O) groups excluding carboxylic acids is 1. The minimum Gasteiger partial charge on any atom is -0.355 e. The van der Waals surface area contributed by atoms with Crippen LogP contribution in [0.5, 0.6) is 0 Å². The Kier molecular flexibility index (Phi) is 3.52. The summed E-state index contributed by atoms with van der Waals surface area (Å²) in [5, 5.41) is 2.79. The van der Waals surface area contributed by atoms with Crippen LogP contribution in [0.1, 0.15) is 20.8 Å². The molecule has 0 rings (SSSR count). The first-order valence-electron chi connectivity index (χ1n) is 3.88. The van der Waals surface area contributed by atoms with Crippen molar-refractivity contribution < 1.29 is 4.79 Å². The maximum atomic E-state index is 11.4. The van der Waals surface area contributed by atoms with E-state index in [-0.39, 0.29) is 5.91 Å². The summed E-state index contributed by atoms with van der Waals surface area (Å²) in [5.74, 6) is 0.0741. The predicted octanol–water partition coefficient (Wildman–Crippen LogP) is 0.463. The van der Waals surface area contributed by atoms with Gasteiger partial charge in [0.15, 0.2) is 0 Å². The molecule has 3 heteroatoms. The Hall–Kier alpha value is -0.570. The summed E-state index contributed by atoms with van der Waals surface area (Å²) in [6.07, 6.45) is 0. The summed E-state index contributed by atoms with van der Waals surface area (Å²) < 4.78 is 0. The third-order valence-corrected chi connectivity index (χ3v) is 2.01. The Labute approximate surface area is 68.8 Å². The van der Waals surface area contributed by atoms with Crippen molar-refractivity contribution in [2.75, 3.05) is 20.6 Å². The van der Waals surface area contributed by atoms with Gasteiger partial charge in [-0.05, 0) is 34.9 Å². The van der Waals surface area contributed by atoms with Gasteiger partial charge in [-0.2, -0.15) is 0 Å². The monoisotopic (exact) mass is 158 g/mol. The molecule has 0 heterocycles. The van der Waals surface area contributed by atoms with E-state index in [0.717, 1.165) is 0 Å². The fraction of sp³-hybridized carbons (Fsp3) is 0.875. The Balaban J connectivity index is 4.18. The van der Waals surface area contributed by atoms with Crippen LogP contribution in [0.15, 0.2) is 0 Å². The van der Waals surface area contributed by atoms with Gasteiger partial charge < -0.3 is 5.32 Å². The number of rotatable bonds is 3. The van der Waals surface area contributed by atoms with E-state index >= 15 is 0 Å². The van der Waals surface area contributed by atoms with Gasteiger partial charge in [-0.25, -0.2) is 0 Å². The average Bonchev–Trinajstić information content (AvgIpc) is 1.88. The standard InChI is InChI=1S/C8H18N2O/c1-6-9-7(11)8(2,3)10(4)5/h6H2,1-5H3,(H,9,11). The van der Waals surface area contributed by atoms with Crippen molar-refractivity contribution in [1.82, 2.24) is 10.2 Å². The second-order valence-corrected chi connectivity index (χ2v) is 3.31. The summed E-state index contributed by atoms with van der Waals surface area (Å²) in [5.41, 5.74) is -0.407. The number of nitrogens with one attached hydrogen (secondary N) is 1. The average molecular weight is 158 g/mol. The number of amides is 1. The summed E-state index contributed by atoms with van der Waals surface area (Å²) >= 11 is 0. The Morgan fingerprint density at radius 2 is 1.91 bits per heavy atom. The Morgan fingerprint density at radius 3 is 2.18 bits per heavy atom. The summed E-state index contributed by atoms with van der Waals surface area (Å²) in [7, 11) is 3.80. The molecule has 0 saturated heterocycles. The number of nitrogens with zero attached hydrogens (tertiary/aromatic N) is 1. The fourth-order valence-corrected chi connectivity index (χ4v) is 0.580. The van der Waals surface area contributed by atoms with Crippen molar-refractivity contribution >= 4 is 5.91 Å². The topological polar surface area (TPSA) is 32.3 Å². The largest absolute Gasteiger partial charge is 0.355 e. The van der Waals surface area contributed by atoms with Crippen molar-refractivity contribution in [3.63, 3.8) is 0 Å². The van der Waals surface area contributed by atoms with Gasteiger partial charge in [0.05, 0.1) is 5.54 Å². The zero-order valence-corrected chi connectivity index (χ0v) is 8.06. The molecule has 0 fully saturated rings. The number of hydrogen-bond acceptors (Lipinski definition) is 2. The van der Waals surface area contributed by atoms with Crippen LogP contribution in [0.4, 0.5) is 0 Å².